The molecule has 0 radical (unpaired) electrons. The van der Waals surface area contributed by atoms with Crippen molar-refractivity contribution in [3.63, 3.8) is 0 Å². The van der Waals surface area contributed by atoms with Gasteiger partial charge < -0.3 is 0 Å². The molecule has 4 nitrogen and oxygen atoms in total. The average Bonchev–Trinajstić information content (AvgIpc) is 2.74. The molecule has 1 aliphatic rings. The van der Waals surface area contributed by atoms with Crippen molar-refractivity contribution in [1.29, 1.82) is 5.26 Å². The SMILES string of the molecule is Cc1c2c(nn1-c1ccc(C#N)c(Br)c1)CC(C)(C)CC2=O. The molecule has 1 aliphatic carbocycles. The van der Waals surface area contributed by atoms with Crippen LogP contribution in [0.5, 0.6) is 0 Å². The average molecular weight is 358 g/mol. The van der Waals surface area contributed by atoms with Crippen molar-refractivity contribution in [3.05, 3.63) is 45.2 Å². The normalized spacial score (nSPS) is 16.2. The lowest BCUT2D eigenvalue weighted by atomic mass is 9.76. The number of nitriles is 1. The number of fused-ring (bicyclic) bond motifs is 1. The van der Waals surface area contributed by atoms with Gasteiger partial charge in [-0.15, -0.1) is 0 Å². The van der Waals surface area contributed by atoms with E-state index in [1.165, 1.54) is 0 Å². The van der Waals surface area contributed by atoms with E-state index in [9.17, 15) is 4.79 Å². The highest BCUT2D eigenvalue weighted by molar-refractivity contribution is 9.10. The van der Waals surface area contributed by atoms with E-state index in [1.54, 1.807) is 10.7 Å². The monoisotopic (exact) mass is 357 g/mol. The Labute approximate surface area is 137 Å². The second-order valence-electron chi connectivity index (χ2n) is 6.54. The topological polar surface area (TPSA) is 58.7 Å². The van der Waals surface area contributed by atoms with Crippen LogP contribution in [0.15, 0.2) is 22.7 Å². The molecule has 0 saturated carbocycles. The summed E-state index contributed by atoms with van der Waals surface area (Å²) in [6, 6.07) is 7.59. The highest BCUT2D eigenvalue weighted by atomic mass is 79.9. The molecule has 0 unspecified atom stereocenters. The number of aromatic nitrogens is 2. The fourth-order valence-corrected chi connectivity index (χ4v) is 3.52. The Morgan fingerprint density at radius 1 is 1.36 bits per heavy atom. The van der Waals surface area contributed by atoms with E-state index in [4.69, 9.17) is 5.26 Å². The molecule has 0 fully saturated rings. The molecule has 0 atom stereocenters. The summed E-state index contributed by atoms with van der Waals surface area (Å²) >= 11 is 3.40. The van der Waals surface area contributed by atoms with Crippen LogP contribution in [-0.2, 0) is 6.42 Å². The third kappa shape index (κ3) is 2.38. The van der Waals surface area contributed by atoms with E-state index in [0.29, 0.717) is 12.0 Å². The number of rotatable bonds is 1. The van der Waals surface area contributed by atoms with Gasteiger partial charge >= 0.3 is 0 Å². The molecule has 1 heterocycles. The van der Waals surface area contributed by atoms with Crippen LogP contribution in [0.3, 0.4) is 0 Å². The molecular formula is C17H16BrN3O. The molecule has 0 aliphatic heterocycles. The number of nitrogens with zero attached hydrogens (tertiary/aromatic N) is 3. The van der Waals surface area contributed by atoms with Gasteiger partial charge in [0, 0.05) is 10.9 Å². The Morgan fingerprint density at radius 3 is 2.73 bits per heavy atom. The quantitative estimate of drug-likeness (QED) is 0.775. The summed E-state index contributed by atoms with van der Waals surface area (Å²) in [7, 11) is 0. The van der Waals surface area contributed by atoms with Crippen molar-refractivity contribution >= 4 is 21.7 Å². The molecule has 22 heavy (non-hydrogen) atoms. The standard InChI is InChI=1S/C17H16BrN3O/c1-10-16-14(7-17(2,3)8-15(16)22)20-21(10)12-5-4-11(9-19)13(18)6-12/h4-6H,7-8H2,1-3H3. The third-order valence-electron chi connectivity index (χ3n) is 4.07. The van der Waals surface area contributed by atoms with E-state index in [0.717, 1.165) is 33.5 Å². The van der Waals surface area contributed by atoms with Crippen LogP contribution in [0.25, 0.3) is 5.69 Å². The Hall–Kier alpha value is -1.93. The molecule has 0 bridgehead atoms. The van der Waals surface area contributed by atoms with E-state index in [-0.39, 0.29) is 11.2 Å². The molecule has 2 aromatic rings. The third-order valence-corrected chi connectivity index (χ3v) is 4.73. The van der Waals surface area contributed by atoms with Crippen molar-refractivity contribution in [3.8, 4) is 11.8 Å². The smallest absolute Gasteiger partial charge is 0.167 e. The molecule has 0 amide bonds. The summed E-state index contributed by atoms with van der Waals surface area (Å²) in [5.74, 6) is 0.169. The van der Waals surface area contributed by atoms with E-state index < -0.39 is 0 Å². The molecule has 5 heteroatoms. The summed E-state index contributed by atoms with van der Waals surface area (Å²) in [6.45, 7) is 6.12. The number of benzene rings is 1. The number of halogens is 1. The second kappa shape index (κ2) is 5.06. The predicted octanol–water partition coefficient (Wildman–Crippen LogP) is 3.97. The van der Waals surface area contributed by atoms with Gasteiger partial charge in [-0.25, -0.2) is 4.68 Å². The number of Topliss-reactive ketones (excluding diaryl/α,β-unsaturated/α-hetero) is 1. The summed E-state index contributed by atoms with van der Waals surface area (Å²) in [6.07, 6.45) is 1.36. The highest BCUT2D eigenvalue weighted by Crippen LogP contribution is 2.36. The van der Waals surface area contributed by atoms with Crippen molar-refractivity contribution in [2.75, 3.05) is 0 Å². The summed E-state index contributed by atoms with van der Waals surface area (Å²) in [5.41, 5.74) is 3.89. The number of hydrogen-bond donors (Lipinski definition) is 0. The largest absolute Gasteiger partial charge is 0.294 e. The minimum Gasteiger partial charge on any atom is -0.294 e. The van der Waals surface area contributed by atoms with Crippen LogP contribution in [0.4, 0.5) is 0 Å². The van der Waals surface area contributed by atoms with Gasteiger partial charge in [0.25, 0.3) is 0 Å². The van der Waals surface area contributed by atoms with Gasteiger partial charge in [0.1, 0.15) is 6.07 Å². The summed E-state index contributed by atoms with van der Waals surface area (Å²) < 4.78 is 2.53. The molecular weight excluding hydrogens is 342 g/mol. The molecule has 0 N–H and O–H groups in total. The zero-order valence-electron chi connectivity index (χ0n) is 12.8. The Balaban J connectivity index is 2.13. The zero-order valence-corrected chi connectivity index (χ0v) is 14.4. The number of hydrogen-bond acceptors (Lipinski definition) is 3. The second-order valence-corrected chi connectivity index (χ2v) is 7.39. The van der Waals surface area contributed by atoms with Gasteiger partial charge in [-0.05, 0) is 52.9 Å². The van der Waals surface area contributed by atoms with E-state index in [1.807, 2.05) is 19.1 Å². The van der Waals surface area contributed by atoms with Gasteiger partial charge in [-0.1, -0.05) is 13.8 Å². The van der Waals surface area contributed by atoms with E-state index in [2.05, 4.69) is 40.9 Å². The Kier molecular flexibility index (Phi) is 3.45. The van der Waals surface area contributed by atoms with Gasteiger partial charge in [0.2, 0.25) is 0 Å². The predicted molar refractivity (Wildman–Crippen MR) is 87.1 cm³/mol. The van der Waals surface area contributed by atoms with Gasteiger partial charge in [0.05, 0.1) is 28.2 Å². The molecule has 0 saturated heterocycles. The molecule has 3 rings (SSSR count). The van der Waals surface area contributed by atoms with Crippen LogP contribution in [0.2, 0.25) is 0 Å². The van der Waals surface area contributed by atoms with Crippen molar-refractivity contribution in [1.82, 2.24) is 9.78 Å². The fraction of sp³-hybridized carbons (Fsp3) is 0.353. The zero-order chi connectivity index (χ0) is 16.1. The maximum Gasteiger partial charge on any atom is 0.167 e. The summed E-state index contributed by atoms with van der Waals surface area (Å²) in [5, 5.41) is 13.7. The number of ketones is 1. The number of carbonyl (C=O) groups excluding carboxylic acids is 1. The Bertz CT molecular complexity index is 827. The van der Waals surface area contributed by atoms with Gasteiger partial charge in [-0.3, -0.25) is 4.79 Å². The van der Waals surface area contributed by atoms with Crippen LogP contribution in [-0.4, -0.2) is 15.6 Å². The fourth-order valence-electron chi connectivity index (χ4n) is 3.06. The van der Waals surface area contributed by atoms with Gasteiger partial charge in [-0.2, -0.15) is 10.4 Å². The Morgan fingerprint density at radius 2 is 2.09 bits per heavy atom. The first-order valence-electron chi connectivity index (χ1n) is 7.14. The lowest BCUT2D eigenvalue weighted by Crippen LogP contribution is -2.26. The van der Waals surface area contributed by atoms with Crippen LogP contribution in [0, 0.1) is 23.7 Å². The van der Waals surface area contributed by atoms with Crippen molar-refractivity contribution in [2.24, 2.45) is 5.41 Å². The highest BCUT2D eigenvalue weighted by Gasteiger charge is 2.35. The molecule has 0 spiro atoms. The van der Waals surface area contributed by atoms with Crippen molar-refractivity contribution in [2.45, 2.75) is 33.6 Å². The minimum atomic E-state index is -0.0407. The van der Waals surface area contributed by atoms with Crippen molar-refractivity contribution < 1.29 is 4.79 Å². The lowest BCUT2D eigenvalue weighted by molar-refractivity contribution is 0.0911. The van der Waals surface area contributed by atoms with E-state index >= 15 is 0 Å². The lowest BCUT2D eigenvalue weighted by Gasteiger charge is -2.27. The first-order valence-corrected chi connectivity index (χ1v) is 7.93. The van der Waals surface area contributed by atoms with Crippen LogP contribution < -0.4 is 0 Å². The molecule has 1 aromatic carbocycles. The maximum absolute atomic E-state index is 12.4. The van der Waals surface area contributed by atoms with Crippen LogP contribution >= 0.6 is 15.9 Å². The first kappa shape index (κ1) is 15.0. The number of carbonyl (C=O) groups is 1. The maximum atomic E-state index is 12.4. The van der Waals surface area contributed by atoms with Gasteiger partial charge in [0.15, 0.2) is 5.78 Å². The molecule has 1 aromatic heterocycles. The van der Waals surface area contributed by atoms with Crippen LogP contribution in [0.1, 0.15) is 47.6 Å². The summed E-state index contributed by atoms with van der Waals surface area (Å²) in [4.78, 5) is 12.4. The first-order chi connectivity index (χ1) is 10.3. The minimum absolute atomic E-state index is 0.0407. The molecule has 112 valence electrons.